The van der Waals surface area contributed by atoms with E-state index in [0.29, 0.717) is 10.6 Å². The highest BCUT2D eigenvalue weighted by Crippen LogP contribution is 2.41. The minimum atomic E-state index is -0.372. The molecule has 0 bridgehead atoms. The summed E-state index contributed by atoms with van der Waals surface area (Å²) in [7, 11) is 1.39. The molecule has 0 aromatic carbocycles. The molecule has 0 aliphatic heterocycles. The van der Waals surface area contributed by atoms with Gasteiger partial charge >= 0.3 is 5.97 Å². The predicted octanol–water partition coefficient (Wildman–Crippen LogP) is 4.64. The van der Waals surface area contributed by atoms with Gasteiger partial charge < -0.3 is 10.1 Å². The maximum atomic E-state index is 12.8. The molecule has 30 heavy (non-hydrogen) atoms. The highest BCUT2D eigenvalue weighted by atomic mass is 32.2. The number of fused-ring (bicyclic) bond motifs is 4. The van der Waals surface area contributed by atoms with Crippen molar-refractivity contribution < 1.29 is 14.3 Å². The third-order valence-corrected chi connectivity index (χ3v) is 9.02. The summed E-state index contributed by atoms with van der Waals surface area (Å²) in [6, 6.07) is 0. The summed E-state index contributed by atoms with van der Waals surface area (Å²) < 4.78 is 4.99. The van der Waals surface area contributed by atoms with Gasteiger partial charge in [-0.15, -0.1) is 22.7 Å². The SMILES string of the molecule is COC(=O)c1c(NC(=O)CSc2ncnc3sc4c(c23)CCC4)sc2c1CCCC2. The van der Waals surface area contributed by atoms with Gasteiger partial charge in [0.1, 0.15) is 21.2 Å². The van der Waals surface area contributed by atoms with Gasteiger partial charge in [-0.1, -0.05) is 11.8 Å². The van der Waals surface area contributed by atoms with Crippen molar-refractivity contribution in [2.45, 2.75) is 50.0 Å². The van der Waals surface area contributed by atoms with Crippen molar-refractivity contribution in [3.63, 3.8) is 0 Å². The molecule has 0 fully saturated rings. The summed E-state index contributed by atoms with van der Waals surface area (Å²) in [6.45, 7) is 0. The van der Waals surface area contributed by atoms with Crippen LogP contribution in [-0.4, -0.2) is 34.7 Å². The molecule has 1 amide bonds. The second kappa shape index (κ2) is 8.28. The number of hydrogen-bond donors (Lipinski definition) is 1. The molecular weight excluding hydrogens is 438 g/mol. The number of hydrogen-bond acceptors (Lipinski definition) is 8. The van der Waals surface area contributed by atoms with Gasteiger partial charge in [-0.3, -0.25) is 4.79 Å². The third kappa shape index (κ3) is 3.52. The quantitative estimate of drug-likeness (QED) is 0.340. The van der Waals surface area contributed by atoms with E-state index in [1.807, 2.05) is 0 Å². The molecule has 0 saturated carbocycles. The number of ether oxygens (including phenoxy) is 1. The van der Waals surface area contributed by atoms with E-state index in [2.05, 4.69) is 15.3 Å². The van der Waals surface area contributed by atoms with Crippen molar-refractivity contribution in [2.24, 2.45) is 0 Å². The molecule has 0 radical (unpaired) electrons. The summed E-state index contributed by atoms with van der Waals surface area (Å²) in [6.07, 6.45) is 8.93. The molecule has 3 aromatic heterocycles. The van der Waals surface area contributed by atoms with Crippen molar-refractivity contribution in [2.75, 3.05) is 18.2 Å². The zero-order valence-corrected chi connectivity index (χ0v) is 19.0. The van der Waals surface area contributed by atoms with Gasteiger partial charge in [0.2, 0.25) is 5.91 Å². The van der Waals surface area contributed by atoms with Crippen LogP contribution in [0.1, 0.15) is 50.5 Å². The van der Waals surface area contributed by atoms with Crippen LogP contribution in [0, 0.1) is 0 Å². The average Bonchev–Trinajstić information content (AvgIpc) is 3.44. The second-order valence-electron chi connectivity index (χ2n) is 7.46. The van der Waals surface area contributed by atoms with Crippen LogP contribution < -0.4 is 5.32 Å². The van der Waals surface area contributed by atoms with Crippen LogP contribution >= 0.6 is 34.4 Å². The zero-order valence-electron chi connectivity index (χ0n) is 16.6. The Kier molecular flexibility index (Phi) is 5.51. The number of aryl methyl sites for hydroxylation is 3. The summed E-state index contributed by atoms with van der Waals surface area (Å²) >= 11 is 4.69. The number of amides is 1. The number of nitrogens with zero attached hydrogens (tertiary/aromatic N) is 2. The fraction of sp³-hybridized carbons (Fsp3) is 0.429. The third-order valence-electron chi connectivity index (χ3n) is 5.62. The Bertz CT molecular complexity index is 1150. The monoisotopic (exact) mass is 459 g/mol. The lowest BCUT2D eigenvalue weighted by Gasteiger charge is -2.11. The molecule has 6 nitrogen and oxygen atoms in total. The molecule has 0 saturated heterocycles. The molecule has 3 aromatic rings. The van der Waals surface area contributed by atoms with Crippen LogP contribution in [0.5, 0.6) is 0 Å². The van der Waals surface area contributed by atoms with Gasteiger partial charge in [-0.2, -0.15) is 0 Å². The first-order chi connectivity index (χ1) is 14.7. The Hall–Kier alpha value is -1.97. The molecule has 156 valence electrons. The lowest BCUT2D eigenvalue weighted by Crippen LogP contribution is -2.16. The maximum Gasteiger partial charge on any atom is 0.341 e. The summed E-state index contributed by atoms with van der Waals surface area (Å²) in [5.74, 6) is -0.272. The molecular formula is C21H21N3O3S3. The molecule has 3 heterocycles. The van der Waals surface area contributed by atoms with Crippen molar-refractivity contribution in [1.29, 1.82) is 0 Å². The van der Waals surface area contributed by atoms with Crippen LogP contribution in [0.2, 0.25) is 0 Å². The first-order valence-corrected chi connectivity index (χ1v) is 12.7. The molecule has 9 heteroatoms. The number of rotatable bonds is 5. The van der Waals surface area contributed by atoms with Gasteiger partial charge in [0.05, 0.1) is 18.4 Å². The van der Waals surface area contributed by atoms with Crippen LogP contribution in [-0.2, 0) is 35.2 Å². The van der Waals surface area contributed by atoms with E-state index in [9.17, 15) is 9.59 Å². The molecule has 0 spiro atoms. The van der Waals surface area contributed by atoms with E-state index in [1.165, 1.54) is 51.9 Å². The standard InChI is InChI=1S/C21H21N3O3S3/c1-27-21(26)17-12-5-2-3-7-13(12)30-20(17)24-15(25)9-28-18-16-11-6-4-8-14(11)29-19(16)23-10-22-18/h10H,2-9H2,1H3,(H,24,25). The van der Waals surface area contributed by atoms with Crippen molar-refractivity contribution in [3.8, 4) is 0 Å². The number of carbonyl (C=O) groups excluding carboxylic acids is 2. The van der Waals surface area contributed by atoms with Crippen LogP contribution in [0.4, 0.5) is 5.00 Å². The smallest absolute Gasteiger partial charge is 0.341 e. The largest absolute Gasteiger partial charge is 0.465 e. The summed E-state index contributed by atoms with van der Waals surface area (Å²) in [5, 5.41) is 5.57. The Labute approximate surface area is 186 Å². The van der Waals surface area contributed by atoms with Gasteiger partial charge in [-0.05, 0) is 56.1 Å². The minimum absolute atomic E-state index is 0.137. The van der Waals surface area contributed by atoms with E-state index >= 15 is 0 Å². The molecule has 5 rings (SSSR count). The average molecular weight is 460 g/mol. The maximum absolute atomic E-state index is 12.8. The number of anilines is 1. The van der Waals surface area contributed by atoms with Crippen LogP contribution in [0.25, 0.3) is 10.2 Å². The van der Waals surface area contributed by atoms with Crippen LogP contribution in [0.3, 0.4) is 0 Å². The summed E-state index contributed by atoms with van der Waals surface area (Å²) in [5.41, 5.74) is 2.94. The van der Waals surface area contributed by atoms with Gasteiger partial charge in [0, 0.05) is 15.1 Å². The predicted molar refractivity (Wildman–Crippen MR) is 121 cm³/mol. The highest BCUT2D eigenvalue weighted by molar-refractivity contribution is 8.00. The van der Waals surface area contributed by atoms with Crippen molar-refractivity contribution >= 4 is 61.5 Å². The van der Waals surface area contributed by atoms with E-state index < -0.39 is 0 Å². The minimum Gasteiger partial charge on any atom is -0.465 e. The van der Waals surface area contributed by atoms with Crippen LogP contribution in [0.15, 0.2) is 11.4 Å². The fourth-order valence-corrected chi connectivity index (χ4v) is 7.69. The Morgan fingerprint density at radius 3 is 2.70 bits per heavy atom. The Morgan fingerprint density at radius 1 is 1.07 bits per heavy atom. The number of methoxy groups -OCH3 is 1. The first kappa shape index (κ1) is 20.0. The van der Waals surface area contributed by atoms with E-state index in [4.69, 9.17) is 4.74 Å². The molecule has 2 aliphatic carbocycles. The van der Waals surface area contributed by atoms with E-state index in [1.54, 1.807) is 17.7 Å². The van der Waals surface area contributed by atoms with Gasteiger partial charge in [0.15, 0.2) is 0 Å². The van der Waals surface area contributed by atoms with E-state index in [0.717, 1.165) is 59.3 Å². The Balaban J connectivity index is 1.35. The number of carbonyl (C=O) groups is 2. The van der Waals surface area contributed by atoms with Crippen molar-refractivity contribution in [3.05, 3.63) is 32.8 Å². The van der Waals surface area contributed by atoms with Crippen molar-refractivity contribution in [1.82, 2.24) is 9.97 Å². The second-order valence-corrected chi connectivity index (χ2v) is 10.6. The van der Waals surface area contributed by atoms with Gasteiger partial charge in [-0.25, -0.2) is 14.8 Å². The molecule has 0 atom stereocenters. The van der Waals surface area contributed by atoms with Gasteiger partial charge in [0.25, 0.3) is 0 Å². The summed E-state index contributed by atoms with van der Waals surface area (Å²) in [4.78, 5) is 37.6. The topological polar surface area (TPSA) is 81.2 Å². The number of nitrogens with one attached hydrogen (secondary N) is 1. The number of aromatic nitrogens is 2. The van der Waals surface area contributed by atoms with E-state index in [-0.39, 0.29) is 17.6 Å². The number of thiophene rings is 2. The fourth-order valence-electron chi connectivity index (χ4n) is 4.28. The number of esters is 1. The number of thioether (sulfide) groups is 1. The zero-order chi connectivity index (χ0) is 20.7. The first-order valence-electron chi connectivity index (χ1n) is 10.1. The lowest BCUT2D eigenvalue weighted by molar-refractivity contribution is -0.113. The molecule has 0 unspecified atom stereocenters. The molecule has 2 aliphatic rings. The molecule has 1 N–H and O–H groups in total. The Morgan fingerprint density at radius 2 is 1.83 bits per heavy atom. The highest BCUT2D eigenvalue weighted by Gasteiger charge is 2.27. The lowest BCUT2D eigenvalue weighted by atomic mass is 9.95. The normalized spacial score (nSPS) is 15.1.